The van der Waals surface area contributed by atoms with E-state index in [-0.39, 0.29) is 0 Å². The van der Waals surface area contributed by atoms with Crippen molar-refractivity contribution >= 4 is 23.4 Å². The molecular formula is C16H22N4S. The number of hydrogen-bond donors (Lipinski definition) is 2. The number of aromatic nitrogens is 2. The van der Waals surface area contributed by atoms with Gasteiger partial charge in [-0.15, -0.1) is 0 Å². The fraction of sp³-hybridized carbons (Fsp3) is 0.375. The Morgan fingerprint density at radius 3 is 2.52 bits per heavy atom. The summed E-state index contributed by atoms with van der Waals surface area (Å²) in [6.45, 7) is 3.15. The van der Waals surface area contributed by atoms with Crippen LogP contribution in [0.4, 0.5) is 11.6 Å². The smallest absolute Gasteiger partial charge is 0.163 e. The highest BCUT2D eigenvalue weighted by Gasteiger charge is 2.06. The van der Waals surface area contributed by atoms with Gasteiger partial charge in [0, 0.05) is 30.5 Å². The fourth-order valence-electron chi connectivity index (χ4n) is 1.90. The minimum absolute atomic E-state index is 0.650. The molecule has 2 N–H and O–H groups in total. The first-order valence-corrected chi connectivity index (χ1v) is 8.40. The number of benzene rings is 1. The number of rotatable bonds is 7. The van der Waals surface area contributed by atoms with E-state index in [1.54, 1.807) is 0 Å². The van der Waals surface area contributed by atoms with Gasteiger partial charge >= 0.3 is 0 Å². The SMILES string of the molecule is CNc1cc(NCCC(C)SC)nc(-c2ccccc2)n1. The summed E-state index contributed by atoms with van der Waals surface area (Å²) in [5.41, 5.74) is 1.02. The van der Waals surface area contributed by atoms with Gasteiger partial charge in [-0.05, 0) is 12.7 Å². The Hall–Kier alpha value is -1.75. The number of hydrogen-bond acceptors (Lipinski definition) is 5. The lowest BCUT2D eigenvalue weighted by Crippen LogP contribution is -2.10. The molecular weight excluding hydrogens is 280 g/mol. The second kappa shape index (κ2) is 7.88. The minimum Gasteiger partial charge on any atom is -0.373 e. The molecule has 0 aliphatic heterocycles. The number of nitrogens with zero attached hydrogens (tertiary/aromatic N) is 2. The largest absolute Gasteiger partial charge is 0.373 e. The van der Waals surface area contributed by atoms with Gasteiger partial charge in [-0.1, -0.05) is 37.3 Å². The molecule has 112 valence electrons. The van der Waals surface area contributed by atoms with E-state index in [0.29, 0.717) is 5.25 Å². The first kappa shape index (κ1) is 15.6. The van der Waals surface area contributed by atoms with Crippen LogP contribution in [-0.2, 0) is 0 Å². The van der Waals surface area contributed by atoms with Crippen LogP contribution in [0.15, 0.2) is 36.4 Å². The van der Waals surface area contributed by atoms with Crippen LogP contribution in [0.2, 0.25) is 0 Å². The number of anilines is 2. The van der Waals surface area contributed by atoms with E-state index in [9.17, 15) is 0 Å². The molecule has 0 saturated carbocycles. The van der Waals surface area contributed by atoms with Crippen molar-refractivity contribution < 1.29 is 0 Å². The maximum Gasteiger partial charge on any atom is 0.163 e. The predicted molar refractivity (Wildman–Crippen MR) is 93.1 cm³/mol. The zero-order chi connectivity index (χ0) is 15.1. The van der Waals surface area contributed by atoms with Gasteiger partial charge in [0.15, 0.2) is 5.82 Å². The Morgan fingerprint density at radius 1 is 1.14 bits per heavy atom. The third kappa shape index (κ3) is 4.63. The summed E-state index contributed by atoms with van der Waals surface area (Å²) in [7, 11) is 1.87. The molecule has 0 spiro atoms. The molecule has 0 aliphatic carbocycles. The van der Waals surface area contributed by atoms with Crippen molar-refractivity contribution in [2.45, 2.75) is 18.6 Å². The van der Waals surface area contributed by atoms with Gasteiger partial charge in [0.2, 0.25) is 0 Å². The summed E-state index contributed by atoms with van der Waals surface area (Å²) in [6.07, 6.45) is 3.25. The van der Waals surface area contributed by atoms with Gasteiger partial charge in [0.25, 0.3) is 0 Å². The highest BCUT2D eigenvalue weighted by molar-refractivity contribution is 7.99. The standard InChI is InChI=1S/C16H22N4S/c1-12(21-3)9-10-18-15-11-14(17-2)19-16(20-15)13-7-5-4-6-8-13/h4-8,11-12H,9-10H2,1-3H3,(H2,17,18,19,20). The van der Waals surface area contributed by atoms with E-state index >= 15 is 0 Å². The molecule has 1 aromatic heterocycles. The Balaban J connectivity index is 2.14. The van der Waals surface area contributed by atoms with Crippen LogP contribution in [0.3, 0.4) is 0 Å². The van der Waals surface area contributed by atoms with Crippen molar-refractivity contribution in [1.29, 1.82) is 0 Å². The Labute approximate surface area is 130 Å². The molecule has 1 unspecified atom stereocenters. The molecule has 0 aliphatic rings. The third-order valence-electron chi connectivity index (χ3n) is 3.27. The van der Waals surface area contributed by atoms with Gasteiger partial charge in [0.1, 0.15) is 11.6 Å². The zero-order valence-electron chi connectivity index (χ0n) is 12.8. The monoisotopic (exact) mass is 302 g/mol. The summed E-state index contributed by atoms with van der Waals surface area (Å²) >= 11 is 1.88. The van der Waals surface area contributed by atoms with Crippen molar-refractivity contribution in [2.24, 2.45) is 0 Å². The summed E-state index contributed by atoms with van der Waals surface area (Å²) in [4.78, 5) is 9.12. The van der Waals surface area contributed by atoms with Crippen molar-refractivity contribution in [1.82, 2.24) is 9.97 Å². The molecule has 2 rings (SSSR count). The molecule has 0 saturated heterocycles. The second-order valence-corrected chi connectivity index (χ2v) is 6.12. The molecule has 2 aromatic rings. The Bertz CT molecular complexity index is 559. The summed E-state index contributed by atoms with van der Waals surface area (Å²) < 4.78 is 0. The summed E-state index contributed by atoms with van der Waals surface area (Å²) in [5.74, 6) is 2.42. The molecule has 1 aromatic carbocycles. The van der Waals surface area contributed by atoms with Crippen molar-refractivity contribution in [2.75, 3.05) is 30.5 Å². The van der Waals surface area contributed by atoms with Crippen molar-refractivity contribution in [3.8, 4) is 11.4 Å². The van der Waals surface area contributed by atoms with E-state index in [1.165, 1.54) is 0 Å². The van der Waals surface area contributed by atoms with E-state index in [0.717, 1.165) is 36.0 Å². The topological polar surface area (TPSA) is 49.8 Å². The molecule has 0 radical (unpaired) electrons. The Morgan fingerprint density at radius 2 is 1.86 bits per heavy atom. The second-order valence-electron chi connectivity index (χ2n) is 4.84. The van der Waals surface area contributed by atoms with Crippen LogP contribution in [-0.4, -0.2) is 35.1 Å². The third-order valence-corrected chi connectivity index (χ3v) is 4.31. The lowest BCUT2D eigenvalue weighted by atomic mass is 10.2. The van der Waals surface area contributed by atoms with Gasteiger partial charge < -0.3 is 10.6 Å². The van der Waals surface area contributed by atoms with Crippen LogP contribution in [0.1, 0.15) is 13.3 Å². The van der Waals surface area contributed by atoms with Crippen molar-refractivity contribution in [3.05, 3.63) is 36.4 Å². The molecule has 5 heteroatoms. The highest BCUT2D eigenvalue weighted by Crippen LogP contribution is 2.20. The summed E-state index contributed by atoms with van der Waals surface area (Å²) in [5, 5.41) is 7.13. The van der Waals surface area contributed by atoms with Crippen LogP contribution >= 0.6 is 11.8 Å². The molecule has 1 heterocycles. The van der Waals surface area contributed by atoms with Crippen LogP contribution < -0.4 is 10.6 Å². The average molecular weight is 302 g/mol. The fourth-order valence-corrected chi connectivity index (χ4v) is 2.26. The maximum absolute atomic E-state index is 4.61. The van der Waals surface area contributed by atoms with E-state index in [1.807, 2.05) is 55.2 Å². The summed E-state index contributed by atoms with van der Waals surface area (Å²) in [6, 6.07) is 12.0. The van der Waals surface area contributed by atoms with E-state index in [2.05, 4.69) is 33.8 Å². The Kier molecular flexibility index (Phi) is 5.87. The first-order valence-electron chi connectivity index (χ1n) is 7.12. The molecule has 0 bridgehead atoms. The average Bonchev–Trinajstić information content (AvgIpc) is 2.55. The first-order chi connectivity index (χ1) is 10.2. The maximum atomic E-state index is 4.61. The molecule has 1 atom stereocenters. The van der Waals surface area contributed by atoms with E-state index < -0.39 is 0 Å². The van der Waals surface area contributed by atoms with E-state index in [4.69, 9.17) is 0 Å². The molecule has 0 amide bonds. The normalized spacial score (nSPS) is 12.0. The quantitative estimate of drug-likeness (QED) is 0.816. The lowest BCUT2D eigenvalue weighted by molar-refractivity contribution is 0.849. The minimum atomic E-state index is 0.650. The number of thioether (sulfide) groups is 1. The predicted octanol–water partition coefficient (Wildman–Crippen LogP) is 3.74. The zero-order valence-corrected chi connectivity index (χ0v) is 13.6. The van der Waals surface area contributed by atoms with Crippen LogP contribution in [0, 0.1) is 0 Å². The van der Waals surface area contributed by atoms with Crippen molar-refractivity contribution in [3.63, 3.8) is 0 Å². The van der Waals surface area contributed by atoms with Gasteiger partial charge in [-0.2, -0.15) is 11.8 Å². The van der Waals surface area contributed by atoms with Crippen LogP contribution in [0.5, 0.6) is 0 Å². The molecule has 21 heavy (non-hydrogen) atoms. The van der Waals surface area contributed by atoms with Gasteiger partial charge in [-0.3, -0.25) is 0 Å². The van der Waals surface area contributed by atoms with Crippen LogP contribution in [0.25, 0.3) is 11.4 Å². The molecule has 0 fully saturated rings. The number of nitrogens with one attached hydrogen (secondary N) is 2. The molecule has 4 nitrogen and oxygen atoms in total. The van der Waals surface area contributed by atoms with Gasteiger partial charge in [-0.25, -0.2) is 9.97 Å². The van der Waals surface area contributed by atoms with Gasteiger partial charge in [0.05, 0.1) is 0 Å². The lowest BCUT2D eigenvalue weighted by Gasteiger charge is -2.12. The highest BCUT2D eigenvalue weighted by atomic mass is 32.2.